The lowest BCUT2D eigenvalue weighted by Crippen LogP contribution is -2.27. The lowest BCUT2D eigenvalue weighted by Gasteiger charge is -2.35. The number of unbranched alkanes of at least 4 members (excludes halogenated alkanes) is 20. The van der Waals surface area contributed by atoms with Crippen LogP contribution in [0.15, 0.2) is 182 Å². The van der Waals surface area contributed by atoms with E-state index in [4.69, 9.17) is 0 Å². The van der Waals surface area contributed by atoms with Gasteiger partial charge in [0.25, 0.3) is 0 Å². The van der Waals surface area contributed by atoms with Crippen LogP contribution in [0.5, 0.6) is 0 Å². The maximum atomic E-state index is 2.95. The zero-order valence-corrected chi connectivity index (χ0v) is 68.1. The van der Waals surface area contributed by atoms with Crippen molar-refractivity contribution in [1.29, 1.82) is 0 Å². The molecule has 0 N–H and O–H groups in total. The van der Waals surface area contributed by atoms with Crippen molar-refractivity contribution in [1.82, 2.24) is 0 Å². The van der Waals surface area contributed by atoms with Gasteiger partial charge in [0.15, 0.2) is 0 Å². The summed E-state index contributed by atoms with van der Waals surface area (Å²) in [6.45, 7) is 29.8. The van der Waals surface area contributed by atoms with Crippen LogP contribution in [-0.4, -0.2) is 0 Å². The van der Waals surface area contributed by atoms with Gasteiger partial charge >= 0.3 is 0 Å². The van der Waals surface area contributed by atoms with Crippen LogP contribution in [0.2, 0.25) is 0 Å². The van der Waals surface area contributed by atoms with Gasteiger partial charge in [0, 0.05) is 32.5 Å². The molecule has 11 aromatic carbocycles. The first kappa shape index (κ1) is 72.8. The van der Waals surface area contributed by atoms with Gasteiger partial charge < -0.3 is 0 Å². The Bertz CT molecular complexity index is 4930. The maximum absolute atomic E-state index is 2.95. The van der Waals surface area contributed by atoms with Gasteiger partial charge in [-0.3, -0.25) is 0 Å². The Morgan fingerprint density at radius 1 is 0.185 bits per heavy atom. The van der Waals surface area contributed by atoms with Gasteiger partial charge in [0.2, 0.25) is 0 Å². The van der Waals surface area contributed by atoms with Gasteiger partial charge in [-0.2, -0.15) is 0 Å². The molecule has 0 heterocycles. The molecule has 0 fully saturated rings. The molecule has 0 nitrogen and oxygen atoms in total. The summed E-state index contributed by atoms with van der Waals surface area (Å²) in [4.78, 5) is 0. The standard InChI is InChI=1S/C108H122/c1-13-17-21-25-29-41-59-107(60-42-30-26-22-18-14-2)93-67-86-84-66-92-88(100-76-52-36-34-48-72(76)82(64-98(100)104(92,7)8)80-56-46-54-78-74-50-38-40-58-90(74)106(11,12)102(78)80)70-96(84)108(61-43-31-27-23-19-15-3,62-44-32-28-24-20-16-4)94(86)68-85(93)83-65-91-87(69-95(83)107)99-75-51-35-33-47-71(75)81(63-97(99)103(91,5)6)79-55-45-53-77-73-49-37-39-57-89(73)105(9,10)101(77)79/h33-40,45-58,63-70H,13-32,41-44,59-62H2,1-12H3. The van der Waals surface area contributed by atoms with Gasteiger partial charge in [0.1, 0.15) is 0 Å². The molecule has 6 aliphatic rings. The van der Waals surface area contributed by atoms with Crippen LogP contribution in [0.3, 0.4) is 0 Å². The summed E-state index contributed by atoms with van der Waals surface area (Å²) in [5, 5.41) is 5.55. The second-order valence-electron chi connectivity index (χ2n) is 36.9. The molecule has 108 heavy (non-hydrogen) atoms. The number of rotatable bonds is 30. The highest BCUT2D eigenvalue weighted by molar-refractivity contribution is 6.13. The minimum absolute atomic E-state index is 0.128. The van der Waals surface area contributed by atoms with E-state index >= 15 is 0 Å². The van der Waals surface area contributed by atoms with Crippen molar-refractivity contribution in [2.45, 2.75) is 295 Å². The Morgan fingerprint density at radius 2 is 0.435 bits per heavy atom. The number of fused-ring (bicyclic) bond motifs is 22. The van der Waals surface area contributed by atoms with E-state index in [0.29, 0.717) is 0 Å². The first-order valence-electron chi connectivity index (χ1n) is 43.7. The Hall–Kier alpha value is -8.06. The zero-order chi connectivity index (χ0) is 74.5. The largest absolute Gasteiger partial charge is 0.0654 e. The fourth-order valence-electron chi connectivity index (χ4n) is 23.4. The van der Waals surface area contributed by atoms with Gasteiger partial charge in [0.05, 0.1) is 0 Å². The molecule has 0 saturated heterocycles. The molecule has 0 unspecified atom stereocenters. The van der Waals surface area contributed by atoms with Crippen LogP contribution in [0, 0.1) is 0 Å². The van der Waals surface area contributed by atoms with Crippen molar-refractivity contribution < 1.29 is 0 Å². The summed E-state index contributed by atoms with van der Waals surface area (Å²) >= 11 is 0. The molecule has 0 atom stereocenters. The van der Waals surface area contributed by atoms with E-state index in [1.807, 2.05) is 0 Å². The molecule has 0 aliphatic heterocycles. The fourth-order valence-corrected chi connectivity index (χ4v) is 23.4. The lowest BCUT2D eigenvalue weighted by atomic mass is 9.68. The van der Waals surface area contributed by atoms with Crippen LogP contribution in [0.25, 0.3) is 111 Å². The SMILES string of the molecule is CCCCCCCCC1(CCCCCCCC)c2cc3c(cc2-c2cc4c(cc21)-c1cc2c(cc1C4(CCCCCCCC)CCCCCCCC)-c1c(cc(-c4cccc5c4C(C)(C)c4ccccc4-5)c4ccccc14)C2(C)C)C(C)(C)c1cc(-c2cccc4c2C(C)(C)c2ccccc2-4)c2ccccc2c1-3. The third-order valence-corrected chi connectivity index (χ3v) is 29.0. The van der Waals surface area contributed by atoms with Gasteiger partial charge in [-0.15, -0.1) is 0 Å². The molecule has 0 spiro atoms. The molecule has 0 amide bonds. The fraction of sp³-hybridized carbons (Fsp3) is 0.426. The van der Waals surface area contributed by atoms with Crippen molar-refractivity contribution in [2.24, 2.45) is 0 Å². The van der Waals surface area contributed by atoms with E-state index in [9.17, 15) is 0 Å². The predicted octanol–water partition coefficient (Wildman–Crippen LogP) is 32.1. The van der Waals surface area contributed by atoms with Crippen molar-refractivity contribution in [3.8, 4) is 89.0 Å². The smallest absolute Gasteiger partial charge is 0.0215 e. The molecule has 11 aromatic rings. The van der Waals surface area contributed by atoms with Crippen molar-refractivity contribution in [3.63, 3.8) is 0 Å². The van der Waals surface area contributed by atoms with Crippen molar-refractivity contribution >= 4 is 21.5 Å². The Labute approximate surface area is 650 Å². The molecule has 0 saturated carbocycles. The molecular weight excluding hydrogens is 1300 g/mol. The highest BCUT2D eigenvalue weighted by Crippen LogP contribution is 2.67. The first-order valence-corrected chi connectivity index (χ1v) is 43.7. The van der Waals surface area contributed by atoms with E-state index in [1.165, 1.54) is 313 Å². The molecule has 554 valence electrons. The highest BCUT2D eigenvalue weighted by Gasteiger charge is 2.52. The van der Waals surface area contributed by atoms with Crippen LogP contribution in [-0.2, 0) is 32.5 Å². The third kappa shape index (κ3) is 11.4. The number of benzene rings is 11. The average Bonchev–Trinajstić information content (AvgIpc) is 1.52. The third-order valence-electron chi connectivity index (χ3n) is 29.0. The second-order valence-corrected chi connectivity index (χ2v) is 36.9. The summed E-state index contributed by atoms with van der Waals surface area (Å²) in [6, 6.07) is 74.8. The predicted molar refractivity (Wildman–Crippen MR) is 467 cm³/mol. The Morgan fingerprint density at radius 3 is 0.769 bits per heavy atom. The van der Waals surface area contributed by atoms with Crippen LogP contribution < -0.4 is 0 Å². The number of hydrogen-bond donors (Lipinski definition) is 0. The summed E-state index contributed by atoms with van der Waals surface area (Å²) in [6.07, 6.45) is 36.1. The van der Waals surface area contributed by atoms with E-state index in [2.05, 4.69) is 265 Å². The first-order chi connectivity index (χ1) is 52.5. The maximum Gasteiger partial charge on any atom is 0.0215 e. The van der Waals surface area contributed by atoms with Crippen LogP contribution >= 0.6 is 0 Å². The Kier molecular flexibility index (Phi) is 19.3. The normalized spacial score (nSPS) is 16.3. The molecule has 0 radical (unpaired) electrons. The second kappa shape index (κ2) is 28.7. The van der Waals surface area contributed by atoms with Crippen LogP contribution in [0.1, 0.15) is 330 Å². The minimum atomic E-state index is -0.247. The molecular formula is C108H122. The van der Waals surface area contributed by atoms with Gasteiger partial charge in [-0.1, -0.05) is 371 Å². The van der Waals surface area contributed by atoms with Gasteiger partial charge in [-0.25, -0.2) is 0 Å². The molecule has 0 aromatic heterocycles. The highest BCUT2D eigenvalue weighted by atomic mass is 14.5. The summed E-state index contributed by atoms with van der Waals surface area (Å²) in [5.41, 5.74) is 40.6. The van der Waals surface area contributed by atoms with E-state index in [0.717, 1.165) is 0 Å². The van der Waals surface area contributed by atoms with Gasteiger partial charge in [-0.05, 0) is 252 Å². The lowest BCUT2D eigenvalue weighted by molar-refractivity contribution is 0.394. The topological polar surface area (TPSA) is 0 Å². The quantitative estimate of drug-likeness (QED) is 0.0394. The van der Waals surface area contributed by atoms with Crippen molar-refractivity contribution in [2.75, 3.05) is 0 Å². The minimum Gasteiger partial charge on any atom is -0.0654 e. The molecule has 0 bridgehead atoms. The molecule has 6 aliphatic carbocycles. The monoisotopic (exact) mass is 1420 g/mol. The van der Waals surface area contributed by atoms with Crippen LogP contribution in [0.4, 0.5) is 0 Å². The summed E-state index contributed by atoms with van der Waals surface area (Å²) < 4.78 is 0. The Balaban J connectivity index is 0.881. The average molecular weight is 1420 g/mol. The zero-order valence-electron chi connectivity index (χ0n) is 68.1. The number of hydrogen-bond acceptors (Lipinski definition) is 0. The molecule has 17 rings (SSSR count). The van der Waals surface area contributed by atoms with Crippen molar-refractivity contribution in [3.05, 3.63) is 249 Å². The summed E-state index contributed by atoms with van der Waals surface area (Å²) in [5.74, 6) is 0. The summed E-state index contributed by atoms with van der Waals surface area (Å²) in [7, 11) is 0. The molecule has 0 heteroatoms. The van der Waals surface area contributed by atoms with E-state index in [-0.39, 0.29) is 32.5 Å². The van der Waals surface area contributed by atoms with E-state index < -0.39 is 0 Å². The van der Waals surface area contributed by atoms with E-state index in [1.54, 1.807) is 44.5 Å².